The minimum Gasteiger partial charge on any atom is -0.371 e. The summed E-state index contributed by atoms with van der Waals surface area (Å²) >= 11 is 1.68. The van der Waals surface area contributed by atoms with Gasteiger partial charge < -0.3 is 5.32 Å². The largest absolute Gasteiger partial charge is 0.371 e. The molecule has 4 nitrogen and oxygen atoms in total. The molecule has 1 N–H and O–H groups in total. The molecule has 5 heteroatoms. The Kier molecular flexibility index (Phi) is 3.36. The van der Waals surface area contributed by atoms with Gasteiger partial charge in [0.2, 0.25) is 0 Å². The topological polar surface area (TPSA) is 42.2 Å². The molecule has 0 atom stereocenters. The summed E-state index contributed by atoms with van der Waals surface area (Å²) in [6.07, 6.45) is 0. The molecule has 0 fully saturated rings. The molecule has 3 rings (SSSR count). The first kappa shape index (κ1) is 13.0. The maximum absolute atomic E-state index is 4.64. The molecule has 0 saturated carbocycles. The van der Waals surface area contributed by atoms with Crippen molar-refractivity contribution in [3.8, 4) is 0 Å². The summed E-state index contributed by atoms with van der Waals surface area (Å²) in [6, 6.07) is 12.3. The number of hydrogen-bond acceptors (Lipinski definition) is 4. The standard InChI is InChI=1S/C15H16N4S/c1-10-9-11(2)19-15(17-10)13(14(16-3)18-19)20-12-7-5-4-6-8-12/h4-9H,1-3H3,(H,16,18). The quantitative estimate of drug-likeness (QED) is 0.799. The molecule has 1 aromatic carbocycles. The Bertz CT molecular complexity index is 749. The predicted molar refractivity (Wildman–Crippen MR) is 82.6 cm³/mol. The minimum absolute atomic E-state index is 0.861. The van der Waals surface area contributed by atoms with Gasteiger partial charge in [-0.05, 0) is 32.0 Å². The van der Waals surface area contributed by atoms with E-state index in [2.05, 4.69) is 27.5 Å². The third kappa shape index (κ3) is 2.25. The van der Waals surface area contributed by atoms with Crippen LogP contribution < -0.4 is 5.32 Å². The van der Waals surface area contributed by atoms with Crippen LogP contribution >= 0.6 is 11.8 Å². The summed E-state index contributed by atoms with van der Waals surface area (Å²) in [5, 5.41) is 7.75. The molecule has 2 aromatic heterocycles. The average Bonchev–Trinajstić information content (AvgIpc) is 2.78. The summed E-state index contributed by atoms with van der Waals surface area (Å²) in [4.78, 5) is 6.88. The number of rotatable bonds is 3. The Balaban J connectivity index is 2.17. The van der Waals surface area contributed by atoms with Gasteiger partial charge in [-0.15, -0.1) is 5.10 Å². The number of aromatic nitrogens is 3. The summed E-state index contributed by atoms with van der Waals surface area (Å²) in [5.74, 6) is 0.861. The monoisotopic (exact) mass is 284 g/mol. The van der Waals surface area contributed by atoms with Crippen molar-refractivity contribution in [3.63, 3.8) is 0 Å². The van der Waals surface area contributed by atoms with Gasteiger partial charge in [-0.2, -0.15) is 0 Å². The molecule has 2 heterocycles. The number of anilines is 1. The number of nitrogens with zero attached hydrogens (tertiary/aromatic N) is 3. The van der Waals surface area contributed by atoms with Crippen molar-refractivity contribution in [2.45, 2.75) is 23.6 Å². The second-order valence-corrected chi connectivity index (χ2v) is 5.70. The molecule has 0 amide bonds. The average molecular weight is 284 g/mol. The number of hydrogen-bond donors (Lipinski definition) is 1. The third-order valence-electron chi connectivity index (χ3n) is 3.05. The molecule has 20 heavy (non-hydrogen) atoms. The van der Waals surface area contributed by atoms with Crippen molar-refractivity contribution < 1.29 is 0 Å². The molecule has 0 aliphatic rings. The summed E-state index contributed by atoms with van der Waals surface area (Å²) < 4.78 is 1.89. The molecule has 0 saturated heterocycles. The first-order valence-corrected chi connectivity index (χ1v) is 7.28. The van der Waals surface area contributed by atoms with E-state index in [1.807, 2.05) is 49.7 Å². The summed E-state index contributed by atoms with van der Waals surface area (Å²) in [6.45, 7) is 4.06. The van der Waals surface area contributed by atoms with Crippen LogP contribution in [0, 0.1) is 13.8 Å². The molecular weight excluding hydrogens is 268 g/mol. The van der Waals surface area contributed by atoms with Gasteiger partial charge in [0.25, 0.3) is 0 Å². The maximum atomic E-state index is 4.64. The second kappa shape index (κ2) is 5.17. The number of nitrogens with one attached hydrogen (secondary N) is 1. The zero-order valence-electron chi connectivity index (χ0n) is 11.7. The van der Waals surface area contributed by atoms with E-state index in [1.54, 1.807) is 11.8 Å². The first-order valence-electron chi connectivity index (χ1n) is 6.46. The van der Waals surface area contributed by atoms with E-state index >= 15 is 0 Å². The Labute approximate surface area is 122 Å². The summed E-state index contributed by atoms with van der Waals surface area (Å²) in [7, 11) is 1.89. The zero-order valence-corrected chi connectivity index (χ0v) is 12.5. The Morgan fingerprint density at radius 3 is 2.60 bits per heavy atom. The van der Waals surface area contributed by atoms with Crippen molar-refractivity contribution >= 4 is 23.2 Å². The molecule has 0 bridgehead atoms. The highest BCUT2D eigenvalue weighted by Gasteiger charge is 2.16. The van der Waals surface area contributed by atoms with Gasteiger partial charge in [-0.1, -0.05) is 30.0 Å². The van der Waals surface area contributed by atoms with Crippen LogP contribution in [0.15, 0.2) is 46.2 Å². The predicted octanol–water partition coefficient (Wildman–Crippen LogP) is 3.54. The molecule has 0 spiro atoms. The van der Waals surface area contributed by atoms with Gasteiger partial charge in [0.15, 0.2) is 11.5 Å². The van der Waals surface area contributed by atoms with Crippen molar-refractivity contribution in [3.05, 3.63) is 47.8 Å². The van der Waals surface area contributed by atoms with Gasteiger partial charge in [0, 0.05) is 23.3 Å². The molecular formula is C15H16N4S. The fraction of sp³-hybridized carbons (Fsp3) is 0.200. The minimum atomic E-state index is 0.861. The normalized spacial score (nSPS) is 10.9. The van der Waals surface area contributed by atoms with E-state index in [1.165, 1.54) is 4.90 Å². The SMILES string of the molecule is CNc1nn2c(C)cc(C)nc2c1Sc1ccccc1. The van der Waals surface area contributed by atoms with Crippen LogP contribution in [-0.2, 0) is 0 Å². The maximum Gasteiger partial charge on any atom is 0.171 e. The number of aryl methyl sites for hydroxylation is 2. The van der Waals surface area contributed by atoms with E-state index < -0.39 is 0 Å². The van der Waals surface area contributed by atoms with Crippen LogP contribution in [0.25, 0.3) is 5.65 Å². The van der Waals surface area contributed by atoms with Crippen LogP contribution in [0.4, 0.5) is 5.82 Å². The van der Waals surface area contributed by atoms with Gasteiger partial charge in [0.05, 0.1) is 0 Å². The van der Waals surface area contributed by atoms with Crippen LogP contribution in [0.3, 0.4) is 0 Å². The lowest BCUT2D eigenvalue weighted by atomic mass is 10.3. The van der Waals surface area contributed by atoms with Gasteiger partial charge in [-0.3, -0.25) is 0 Å². The van der Waals surface area contributed by atoms with Crippen LogP contribution in [0.2, 0.25) is 0 Å². The zero-order chi connectivity index (χ0) is 14.1. The highest BCUT2D eigenvalue weighted by atomic mass is 32.2. The lowest BCUT2D eigenvalue weighted by Gasteiger charge is -2.03. The van der Waals surface area contributed by atoms with Crippen molar-refractivity contribution in [2.75, 3.05) is 12.4 Å². The van der Waals surface area contributed by atoms with Crippen molar-refractivity contribution in [1.82, 2.24) is 14.6 Å². The number of benzene rings is 1. The Morgan fingerprint density at radius 2 is 1.90 bits per heavy atom. The van der Waals surface area contributed by atoms with Crippen molar-refractivity contribution in [2.24, 2.45) is 0 Å². The smallest absolute Gasteiger partial charge is 0.171 e. The third-order valence-corrected chi connectivity index (χ3v) is 4.14. The van der Waals surface area contributed by atoms with Gasteiger partial charge in [-0.25, -0.2) is 9.50 Å². The fourth-order valence-electron chi connectivity index (χ4n) is 2.17. The van der Waals surface area contributed by atoms with E-state index in [0.29, 0.717) is 0 Å². The first-order chi connectivity index (χ1) is 9.69. The highest BCUT2D eigenvalue weighted by Crippen LogP contribution is 2.36. The lowest BCUT2D eigenvalue weighted by molar-refractivity contribution is 0.887. The number of fused-ring (bicyclic) bond motifs is 1. The van der Waals surface area contributed by atoms with Gasteiger partial charge in [0.1, 0.15) is 4.90 Å². The van der Waals surface area contributed by atoms with E-state index in [9.17, 15) is 0 Å². The summed E-state index contributed by atoms with van der Waals surface area (Å²) in [5.41, 5.74) is 3.00. The Morgan fingerprint density at radius 1 is 1.15 bits per heavy atom. The molecule has 0 radical (unpaired) electrons. The van der Waals surface area contributed by atoms with E-state index in [-0.39, 0.29) is 0 Å². The Hall–Kier alpha value is -2.01. The molecule has 102 valence electrons. The van der Waals surface area contributed by atoms with Gasteiger partial charge >= 0.3 is 0 Å². The van der Waals surface area contributed by atoms with Crippen LogP contribution in [0.5, 0.6) is 0 Å². The lowest BCUT2D eigenvalue weighted by Crippen LogP contribution is -1.97. The van der Waals surface area contributed by atoms with Crippen molar-refractivity contribution in [1.29, 1.82) is 0 Å². The van der Waals surface area contributed by atoms with Crippen LogP contribution in [-0.4, -0.2) is 21.6 Å². The molecule has 3 aromatic rings. The fourth-order valence-corrected chi connectivity index (χ4v) is 3.16. The highest BCUT2D eigenvalue weighted by molar-refractivity contribution is 7.99. The van der Waals surface area contributed by atoms with Crippen LogP contribution in [0.1, 0.15) is 11.4 Å². The second-order valence-electron chi connectivity index (χ2n) is 4.62. The molecule has 0 aliphatic heterocycles. The van der Waals surface area contributed by atoms with E-state index in [0.717, 1.165) is 27.7 Å². The molecule has 0 aliphatic carbocycles. The van der Waals surface area contributed by atoms with E-state index in [4.69, 9.17) is 0 Å². The molecule has 0 unspecified atom stereocenters.